The molecule has 1 aliphatic heterocycles. The molecule has 0 saturated carbocycles. The van der Waals surface area contributed by atoms with Gasteiger partial charge < -0.3 is 18.6 Å². The molecule has 5 heteroatoms. The number of benzene rings is 1. The summed E-state index contributed by atoms with van der Waals surface area (Å²) < 4.78 is 12.4. The number of pyridine rings is 1. The second-order valence-electron chi connectivity index (χ2n) is 6.78. The smallest absolute Gasteiger partial charge is 0.230 e. The number of aryl methyl sites for hydroxylation is 2. The zero-order chi connectivity index (χ0) is 17.3. The van der Waals surface area contributed by atoms with Crippen molar-refractivity contribution < 1.29 is 8.83 Å². The molecule has 0 bridgehead atoms. The Labute approximate surface area is 145 Å². The third-order valence-electron chi connectivity index (χ3n) is 5.14. The first-order valence-electron chi connectivity index (χ1n) is 8.45. The second kappa shape index (κ2) is 4.79. The number of nitrogens with zero attached hydrogens (tertiary/aromatic N) is 3. The molecular formula is C20H19N3O2. The molecule has 4 aromatic rings. The fourth-order valence-corrected chi connectivity index (χ4v) is 3.59. The summed E-state index contributed by atoms with van der Waals surface area (Å²) >= 11 is 0. The molecule has 1 aliphatic rings. The molecule has 4 heterocycles. The van der Waals surface area contributed by atoms with Crippen molar-refractivity contribution in [3.63, 3.8) is 0 Å². The number of hydrogen-bond donors (Lipinski definition) is 0. The summed E-state index contributed by atoms with van der Waals surface area (Å²) in [4.78, 5) is 8.89. The molecule has 3 aromatic heterocycles. The Morgan fingerprint density at radius 2 is 1.68 bits per heavy atom. The lowest BCUT2D eigenvalue weighted by Gasteiger charge is -2.28. The number of hydrogen-bond acceptors (Lipinski definition) is 5. The van der Waals surface area contributed by atoms with Gasteiger partial charge in [-0.05, 0) is 44.5 Å². The minimum absolute atomic E-state index is 0.238. The molecule has 0 spiro atoms. The maximum absolute atomic E-state index is 6.33. The van der Waals surface area contributed by atoms with E-state index in [4.69, 9.17) is 8.83 Å². The molecule has 126 valence electrons. The molecule has 0 amide bonds. The number of fused-ring (bicyclic) bond motifs is 5. The highest BCUT2D eigenvalue weighted by Gasteiger charge is 2.27. The third-order valence-corrected chi connectivity index (χ3v) is 5.14. The molecule has 0 N–H and O–H groups in total. The monoisotopic (exact) mass is 333 g/mol. The average molecular weight is 333 g/mol. The lowest BCUT2D eigenvalue weighted by atomic mass is 10.1. The van der Waals surface area contributed by atoms with Crippen molar-refractivity contribution in [3.8, 4) is 0 Å². The summed E-state index contributed by atoms with van der Waals surface area (Å²) in [5.74, 6) is 0. The molecule has 0 aliphatic carbocycles. The standard InChI is InChI=1S/C20H19N3O2/c1-11-5-7-14-17(16(11)23-10-9-22(4)13(23)3)24-19-15-8-6-12(2)21-20(15)25-18(14)19/h5-10,13H,1-4H3/t13-/m0/s1. The van der Waals surface area contributed by atoms with Gasteiger partial charge in [0, 0.05) is 25.1 Å². The van der Waals surface area contributed by atoms with Gasteiger partial charge in [0.2, 0.25) is 5.71 Å². The van der Waals surface area contributed by atoms with Crippen LogP contribution in [0.5, 0.6) is 0 Å². The van der Waals surface area contributed by atoms with Crippen LogP contribution in [0.15, 0.2) is 45.5 Å². The fraction of sp³-hybridized carbons (Fsp3) is 0.250. The highest BCUT2D eigenvalue weighted by Crippen LogP contribution is 2.42. The van der Waals surface area contributed by atoms with Gasteiger partial charge in [-0.1, -0.05) is 6.07 Å². The molecule has 0 saturated heterocycles. The van der Waals surface area contributed by atoms with E-state index in [0.717, 1.165) is 38.9 Å². The van der Waals surface area contributed by atoms with Crippen LogP contribution in [0.4, 0.5) is 5.69 Å². The molecule has 5 rings (SSSR count). The van der Waals surface area contributed by atoms with E-state index in [0.29, 0.717) is 5.71 Å². The average Bonchev–Trinajstić information content (AvgIpc) is 3.21. The van der Waals surface area contributed by atoms with Gasteiger partial charge in [0.05, 0.1) is 16.5 Å². The zero-order valence-corrected chi connectivity index (χ0v) is 14.7. The quantitative estimate of drug-likeness (QED) is 0.495. The minimum Gasteiger partial charge on any atom is -0.450 e. The molecule has 1 atom stereocenters. The first-order chi connectivity index (χ1) is 12.0. The number of anilines is 1. The topological polar surface area (TPSA) is 45.7 Å². The maximum Gasteiger partial charge on any atom is 0.230 e. The van der Waals surface area contributed by atoms with Crippen LogP contribution in [-0.4, -0.2) is 23.1 Å². The zero-order valence-electron chi connectivity index (χ0n) is 14.7. The lowest BCUT2D eigenvalue weighted by molar-refractivity contribution is 0.383. The van der Waals surface area contributed by atoms with E-state index in [-0.39, 0.29) is 6.17 Å². The number of aromatic nitrogens is 1. The van der Waals surface area contributed by atoms with Crippen LogP contribution >= 0.6 is 0 Å². The van der Waals surface area contributed by atoms with Crippen molar-refractivity contribution >= 4 is 38.9 Å². The molecule has 5 nitrogen and oxygen atoms in total. The van der Waals surface area contributed by atoms with Crippen LogP contribution < -0.4 is 4.90 Å². The maximum atomic E-state index is 6.33. The van der Waals surface area contributed by atoms with E-state index >= 15 is 0 Å². The van der Waals surface area contributed by atoms with Gasteiger partial charge in [0.1, 0.15) is 6.17 Å². The predicted molar refractivity (Wildman–Crippen MR) is 99.6 cm³/mol. The normalized spacial score (nSPS) is 17.7. The predicted octanol–water partition coefficient (Wildman–Crippen LogP) is 4.91. The van der Waals surface area contributed by atoms with Crippen molar-refractivity contribution in [1.29, 1.82) is 0 Å². The van der Waals surface area contributed by atoms with Gasteiger partial charge in [-0.25, -0.2) is 4.98 Å². The number of furan rings is 2. The Morgan fingerprint density at radius 3 is 2.44 bits per heavy atom. The van der Waals surface area contributed by atoms with E-state index in [9.17, 15) is 0 Å². The van der Waals surface area contributed by atoms with Gasteiger partial charge in [-0.3, -0.25) is 0 Å². The summed E-state index contributed by atoms with van der Waals surface area (Å²) in [6, 6.07) is 8.20. The van der Waals surface area contributed by atoms with Gasteiger partial charge in [0.25, 0.3) is 0 Å². The van der Waals surface area contributed by atoms with Gasteiger partial charge in [-0.15, -0.1) is 0 Å². The van der Waals surface area contributed by atoms with Crippen LogP contribution in [0, 0.1) is 13.8 Å². The minimum atomic E-state index is 0.238. The van der Waals surface area contributed by atoms with Gasteiger partial charge in [-0.2, -0.15) is 0 Å². The Hall–Kier alpha value is -2.95. The number of rotatable bonds is 1. The van der Waals surface area contributed by atoms with Crippen LogP contribution in [0.2, 0.25) is 0 Å². The van der Waals surface area contributed by atoms with Crippen LogP contribution in [0.25, 0.3) is 33.2 Å². The highest BCUT2D eigenvalue weighted by molar-refractivity contribution is 6.14. The molecule has 0 fully saturated rings. The van der Waals surface area contributed by atoms with Gasteiger partial charge in [0.15, 0.2) is 16.7 Å². The first-order valence-corrected chi connectivity index (χ1v) is 8.45. The lowest BCUT2D eigenvalue weighted by Crippen LogP contribution is -2.33. The summed E-state index contributed by atoms with van der Waals surface area (Å²) in [5, 5.41) is 1.91. The summed E-state index contributed by atoms with van der Waals surface area (Å²) in [6.07, 6.45) is 4.42. The molecular weight excluding hydrogens is 314 g/mol. The van der Waals surface area contributed by atoms with Crippen molar-refractivity contribution in [2.24, 2.45) is 0 Å². The van der Waals surface area contributed by atoms with Gasteiger partial charge >= 0.3 is 0 Å². The van der Waals surface area contributed by atoms with E-state index < -0.39 is 0 Å². The van der Waals surface area contributed by atoms with E-state index in [1.165, 1.54) is 5.56 Å². The van der Waals surface area contributed by atoms with Crippen molar-refractivity contribution in [3.05, 3.63) is 47.9 Å². The Balaban J connectivity index is 1.84. The van der Waals surface area contributed by atoms with Crippen LogP contribution in [0.3, 0.4) is 0 Å². The third kappa shape index (κ3) is 1.86. The van der Waals surface area contributed by atoms with Crippen LogP contribution in [0.1, 0.15) is 18.2 Å². The van der Waals surface area contributed by atoms with E-state index in [1.54, 1.807) is 0 Å². The summed E-state index contributed by atoms with van der Waals surface area (Å²) in [6.45, 7) is 6.25. The van der Waals surface area contributed by atoms with Crippen LogP contribution in [-0.2, 0) is 0 Å². The molecule has 0 radical (unpaired) electrons. The first kappa shape index (κ1) is 14.4. The Bertz CT molecular complexity index is 1170. The van der Waals surface area contributed by atoms with E-state index in [1.807, 2.05) is 19.1 Å². The Kier molecular flexibility index (Phi) is 2.76. The Morgan fingerprint density at radius 1 is 0.920 bits per heavy atom. The van der Waals surface area contributed by atoms with E-state index in [2.05, 4.69) is 60.2 Å². The summed E-state index contributed by atoms with van der Waals surface area (Å²) in [7, 11) is 2.08. The largest absolute Gasteiger partial charge is 0.450 e. The van der Waals surface area contributed by atoms with Crippen molar-refractivity contribution in [2.45, 2.75) is 26.9 Å². The SMILES string of the molecule is Cc1ccc2c(n1)oc1c3ccc(C)c(N4C=CN(C)[C@@H]4C)c3oc21. The second-order valence-corrected chi connectivity index (χ2v) is 6.78. The van der Waals surface area contributed by atoms with Crippen molar-refractivity contribution in [1.82, 2.24) is 9.88 Å². The van der Waals surface area contributed by atoms with Crippen molar-refractivity contribution in [2.75, 3.05) is 11.9 Å². The fourth-order valence-electron chi connectivity index (χ4n) is 3.59. The molecule has 1 aromatic carbocycles. The molecule has 25 heavy (non-hydrogen) atoms. The highest BCUT2D eigenvalue weighted by atomic mass is 16.4. The molecule has 0 unspecified atom stereocenters. The summed E-state index contributed by atoms with van der Waals surface area (Å²) in [5.41, 5.74) is 6.24.